The first-order chi connectivity index (χ1) is 5.41. The van der Waals surface area contributed by atoms with Crippen LogP contribution in [0.15, 0.2) is 0 Å². The van der Waals surface area contributed by atoms with Gasteiger partial charge in [-0.05, 0) is 0 Å². The normalized spacial score (nSPS) is 22.9. The van der Waals surface area contributed by atoms with Gasteiger partial charge in [-0.2, -0.15) is 13.2 Å². The molecule has 0 saturated carbocycles. The Morgan fingerprint density at radius 1 is 1.33 bits per heavy atom. The molecule has 8 heteroatoms. The van der Waals surface area contributed by atoms with Gasteiger partial charge in [0.25, 0.3) is 0 Å². The van der Waals surface area contributed by atoms with E-state index in [0.29, 0.717) is 0 Å². The molecule has 0 aromatic heterocycles. The van der Waals surface area contributed by atoms with Gasteiger partial charge in [0.15, 0.2) is 6.61 Å². The maximum absolute atomic E-state index is 11.5. The van der Waals surface area contributed by atoms with Gasteiger partial charge in [0.05, 0.1) is 13.2 Å². The van der Waals surface area contributed by atoms with E-state index in [1.165, 1.54) is 0 Å². The number of alkyl halides is 3. The SMILES string of the molecule is O=P1(OCC(F)(F)F)OCCO1. The summed E-state index contributed by atoms with van der Waals surface area (Å²) in [7, 11) is -3.89. The van der Waals surface area contributed by atoms with Crippen molar-refractivity contribution in [2.24, 2.45) is 0 Å². The lowest BCUT2D eigenvalue weighted by molar-refractivity contribution is -0.156. The van der Waals surface area contributed by atoms with Crippen LogP contribution in [0.3, 0.4) is 0 Å². The summed E-state index contributed by atoms with van der Waals surface area (Å²) in [5.41, 5.74) is 0. The van der Waals surface area contributed by atoms with Gasteiger partial charge in [0.2, 0.25) is 0 Å². The predicted octanol–water partition coefficient (Wildman–Crippen LogP) is 1.72. The third-order valence-corrected chi connectivity index (χ3v) is 2.41. The molecule has 1 saturated heterocycles. The summed E-state index contributed by atoms with van der Waals surface area (Å²) in [5.74, 6) is 0. The summed E-state index contributed by atoms with van der Waals surface area (Å²) in [5, 5.41) is 0. The minimum Gasteiger partial charge on any atom is -0.284 e. The summed E-state index contributed by atoms with van der Waals surface area (Å²) in [4.78, 5) is 0. The van der Waals surface area contributed by atoms with Gasteiger partial charge >= 0.3 is 14.0 Å². The molecule has 0 aromatic carbocycles. The van der Waals surface area contributed by atoms with Crippen LogP contribution in [0, 0.1) is 0 Å². The molecule has 0 amide bonds. The standard InChI is InChI=1S/C4H6F3O4P/c5-4(6,7)3-11-12(8)9-1-2-10-12/h1-3H2. The molecular weight excluding hydrogens is 200 g/mol. The van der Waals surface area contributed by atoms with E-state index in [1.807, 2.05) is 0 Å². The molecule has 0 aromatic rings. The van der Waals surface area contributed by atoms with E-state index in [1.54, 1.807) is 0 Å². The molecule has 4 nitrogen and oxygen atoms in total. The fourth-order valence-corrected chi connectivity index (χ4v) is 1.69. The Hall–Kier alpha value is -0.100. The lowest BCUT2D eigenvalue weighted by atomic mass is 10.7. The van der Waals surface area contributed by atoms with E-state index in [9.17, 15) is 17.7 Å². The average Bonchev–Trinajstić information content (AvgIpc) is 2.32. The molecule has 12 heavy (non-hydrogen) atoms. The zero-order valence-corrected chi connectivity index (χ0v) is 6.73. The quantitative estimate of drug-likeness (QED) is 0.645. The Kier molecular flexibility index (Phi) is 2.77. The maximum atomic E-state index is 11.5. The Labute approximate surface area is 66.2 Å². The second kappa shape index (κ2) is 3.33. The Balaban J connectivity index is 2.36. The Morgan fingerprint density at radius 3 is 2.25 bits per heavy atom. The van der Waals surface area contributed by atoms with Crippen molar-refractivity contribution in [2.45, 2.75) is 6.18 Å². The van der Waals surface area contributed by atoms with Crippen molar-refractivity contribution in [1.82, 2.24) is 0 Å². The fourth-order valence-electron chi connectivity index (χ4n) is 0.562. The first-order valence-corrected chi connectivity index (χ1v) is 4.48. The van der Waals surface area contributed by atoms with Crippen molar-refractivity contribution in [3.05, 3.63) is 0 Å². The molecule has 0 bridgehead atoms. The Bertz CT molecular complexity index is 193. The number of hydrogen-bond donors (Lipinski definition) is 0. The molecular formula is C4H6F3O4P. The van der Waals surface area contributed by atoms with Crippen molar-refractivity contribution in [1.29, 1.82) is 0 Å². The first-order valence-electron chi connectivity index (χ1n) is 3.02. The molecule has 0 unspecified atom stereocenters. The summed E-state index contributed by atoms with van der Waals surface area (Å²) >= 11 is 0. The predicted molar refractivity (Wildman–Crippen MR) is 31.5 cm³/mol. The van der Waals surface area contributed by atoms with Crippen LogP contribution in [0.2, 0.25) is 0 Å². The molecule has 0 radical (unpaired) electrons. The van der Waals surface area contributed by atoms with E-state index in [4.69, 9.17) is 0 Å². The second-order valence-corrected chi connectivity index (χ2v) is 3.67. The molecule has 0 aliphatic carbocycles. The van der Waals surface area contributed by atoms with Gasteiger partial charge in [0, 0.05) is 0 Å². The van der Waals surface area contributed by atoms with Crippen LogP contribution in [0.4, 0.5) is 13.2 Å². The lowest BCUT2D eigenvalue weighted by Crippen LogP contribution is -2.15. The molecule has 1 aliphatic rings. The van der Waals surface area contributed by atoms with Crippen LogP contribution < -0.4 is 0 Å². The second-order valence-electron chi connectivity index (χ2n) is 2.00. The van der Waals surface area contributed by atoms with E-state index in [2.05, 4.69) is 13.6 Å². The summed E-state index contributed by atoms with van der Waals surface area (Å²) < 4.78 is 58.1. The van der Waals surface area contributed by atoms with Gasteiger partial charge in [-0.1, -0.05) is 0 Å². The van der Waals surface area contributed by atoms with E-state index in [-0.39, 0.29) is 13.2 Å². The Morgan fingerprint density at radius 2 is 1.83 bits per heavy atom. The van der Waals surface area contributed by atoms with Crippen molar-refractivity contribution in [2.75, 3.05) is 19.8 Å². The number of rotatable bonds is 2. The van der Waals surface area contributed by atoms with Gasteiger partial charge in [0.1, 0.15) is 0 Å². The van der Waals surface area contributed by atoms with Crippen LogP contribution in [0.5, 0.6) is 0 Å². The number of hydrogen-bond acceptors (Lipinski definition) is 4. The van der Waals surface area contributed by atoms with Crippen LogP contribution >= 0.6 is 7.82 Å². The zero-order valence-electron chi connectivity index (χ0n) is 5.84. The molecule has 1 fully saturated rings. The average molecular weight is 206 g/mol. The van der Waals surface area contributed by atoms with Crippen molar-refractivity contribution in [3.8, 4) is 0 Å². The largest absolute Gasteiger partial charge is 0.475 e. The summed E-state index contributed by atoms with van der Waals surface area (Å²) in [6, 6.07) is 0. The molecule has 0 atom stereocenters. The third kappa shape index (κ3) is 3.10. The van der Waals surface area contributed by atoms with E-state index >= 15 is 0 Å². The van der Waals surface area contributed by atoms with Gasteiger partial charge < -0.3 is 0 Å². The monoisotopic (exact) mass is 206 g/mol. The molecule has 0 N–H and O–H groups in total. The number of phosphoric acid groups is 1. The van der Waals surface area contributed by atoms with E-state index in [0.717, 1.165) is 0 Å². The zero-order chi connectivity index (χ0) is 9.24. The highest BCUT2D eigenvalue weighted by Crippen LogP contribution is 2.53. The molecule has 1 heterocycles. The molecule has 72 valence electrons. The summed E-state index contributed by atoms with van der Waals surface area (Å²) in [6.45, 7) is -1.63. The van der Waals surface area contributed by atoms with Crippen LogP contribution in [0.25, 0.3) is 0 Å². The number of halogens is 3. The minimum atomic E-state index is -4.52. The lowest BCUT2D eigenvalue weighted by Gasteiger charge is -2.10. The highest BCUT2D eigenvalue weighted by molar-refractivity contribution is 7.48. The molecule has 1 rings (SSSR count). The van der Waals surface area contributed by atoms with Crippen molar-refractivity contribution < 1.29 is 31.3 Å². The van der Waals surface area contributed by atoms with Gasteiger partial charge in [-0.3, -0.25) is 13.6 Å². The van der Waals surface area contributed by atoms with Crippen molar-refractivity contribution in [3.63, 3.8) is 0 Å². The van der Waals surface area contributed by atoms with Crippen LogP contribution in [-0.4, -0.2) is 26.0 Å². The highest BCUT2D eigenvalue weighted by Gasteiger charge is 2.38. The minimum absolute atomic E-state index is 0.00483. The first kappa shape index (κ1) is 9.98. The fraction of sp³-hybridized carbons (Fsp3) is 1.00. The van der Waals surface area contributed by atoms with Crippen LogP contribution in [0.1, 0.15) is 0 Å². The van der Waals surface area contributed by atoms with Crippen molar-refractivity contribution >= 4 is 7.82 Å². The smallest absolute Gasteiger partial charge is 0.284 e. The summed E-state index contributed by atoms with van der Waals surface area (Å²) in [6.07, 6.45) is -4.52. The van der Waals surface area contributed by atoms with Crippen LogP contribution in [-0.2, 0) is 18.1 Å². The topological polar surface area (TPSA) is 44.8 Å². The highest BCUT2D eigenvalue weighted by atomic mass is 31.2. The number of phosphoric ester groups is 1. The third-order valence-electron chi connectivity index (χ3n) is 0.968. The van der Waals surface area contributed by atoms with E-state index < -0.39 is 20.6 Å². The maximum Gasteiger partial charge on any atom is 0.475 e. The molecule has 0 spiro atoms. The van der Waals surface area contributed by atoms with Gasteiger partial charge in [-0.25, -0.2) is 4.57 Å². The molecule has 1 aliphatic heterocycles. The van der Waals surface area contributed by atoms with Gasteiger partial charge in [-0.15, -0.1) is 0 Å².